The Hall–Kier alpha value is -3.13. The summed E-state index contributed by atoms with van der Waals surface area (Å²) in [6, 6.07) is 11.8. The second kappa shape index (κ2) is 6.64. The van der Waals surface area contributed by atoms with Crippen molar-refractivity contribution in [1.29, 1.82) is 0 Å². The lowest BCUT2D eigenvalue weighted by atomic mass is 10.2. The number of fused-ring (bicyclic) bond motifs is 3. The number of amides is 2. The van der Waals surface area contributed by atoms with Crippen LogP contribution in [-0.2, 0) is 0 Å². The van der Waals surface area contributed by atoms with Crippen molar-refractivity contribution in [2.24, 2.45) is 5.73 Å². The third-order valence-electron chi connectivity index (χ3n) is 4.05. The summed E-state index contributed by atoms with van der Waals surface area (Å²) in [5, 5.41) is 5.79. The van der Waals surface area contributed by atoms with Crippen molar-refractivity contribution in [3.05, 3.63) is 48.3 Å². The molecule has 2 amide bonds. The topological polar surface area (TPSA) is 97.3 Å². The number of hydrogen-bond donors (Lipinski definition) is 3. The average molecular weight is 366 g/mol. The van der Waals surface area contributed by atoms with Crippen molar-refractivity contribution in [3.8, 4) is 10.4 Å². The quantitative estimate of drug-likeness (QED) is 0.473. The van der Waals surface area contributed by atoms with E-state index in [-0.39, 0.29) is 0 Å². The Morgan fingerprint density at radius 3 is 2.85 bits per heavy atom. The van der Waals surface area contributed by atoms with E-state index in [1.165, 1.54) is 5.56 Å². The SMILES string of the molecule is Cc1cnc2c(NCCNC(N)=O)nc3cc(-c4ccccc4)sc3n12. The van der Waals surface area contributed by atoms with Gasteiger partial charge in [-0.1, -0.05) is 30.3 Å². The molecule has 0 saturated heterocycles. The van der Waals surface area contributed by atoms with E-state index in [1.807, 2.05) is 31.3 Å². The third kappa shape index (κ3) is 2.95. The number of aryl methyl sites for hydroxylation is 1. The number of carbonyl (C=O) groups excluding carboxylic acids is 1. The van der Waals surface area contributed by atoms with Gasteiger partial charge in [0, 0.05) is 29.9 Å². The minimum atomic E-state index is -0.539. The Labute approximate surface area is 153 Å². The summed E-state index contributed by atoms with van der Waals surface area (Å²) in [6.45, 7) is 2.96. The smallest absolute Gasteiger partial charge is 0.312 e. The van der Waals surface area contributed by atoms with Gasteiger partial charge in [-0.3, -0.25) is 4.40 Å². The molecule has 0 fully saturated rings. The van der Waals surface area contributed by atoms with Gasteiger partial charge in [-0.2, -0.15) is 0 Å². The first-order chi connectivity index (χ1) is 12.6. The highest BCUT2D eigenvalue weighted by molar-refractivity contribution is 7.21. The molecule has 1 aromatic carbocycles. The van der Waals surface area contributed by atoms with Gasteiger partial charge >= 0.3 is 6.03 Å². The average Bonchev–Trinajstić information content (AvgIpc) is 3.23. The van der Waals surface area contributed by atoms with Gasteiger partial charge in [0.2, 0.25) is 0 Å². The molecular weight excluding hydrogens is 348 g/mol. The predicted octanol–water partition coefficient (Wildman–Crippen LogP) is 3.00. The second-order valence-corrected chi connectivity index (χ2v) is 6.93. The van der Waals surface area contributed by atoms with Gasteiger partial charge in [-0.05, 0) is 18.6 Å². The minimum Gasteiger partial charge on any atom is -0.365 e. The number of hydrogen-bond acceptors (Lipinski definition) is 5. The third-order valence-corrected chi connectivity index (χ3v) is 5.21. The van der Waals surface area contributed by atoms with Crippen LogP contribution in [0.4, 0.5) is 10.6 Å². The molecule has 7 nitrogen and oxygen atoms in total. The maximum atomic E-state index is 10.8. The van der Waals surface area contributed by atoms with Gasteiger partial charge in [0.05, 0.1) is 0 Å². The first-order valence-corrected chi connectivity index (χ1v) is 9.05. The summed E-state index contributed by atoms with van der Waals surface area (Å²) in [5.74, 6) is 0.689. The number of thiophene rings is 1. The van der Waals surface area contributed by atoms with Gasteiger partial charge < -0.3 is 16.4 Å². The molecule has 26 heavy (non-hydrogen) atoms. The summed E-state index contributed by atoms with van der Waals surface area (Å²) in [6.07, 6.45) is 1.84. The van der Waals surface area contributed by atoms with E-state index in [0.717, 1.165) is 26.6 Å². The van der Waals surface area contributed by atoms with Crippen LogP contribution in [0.5, 0.6) is 0 Å². The maximum Gasteiger partial charge on any atom is 0.312 e. The maximum absolute atomic E-state index is 10.8. The molecule has 0 bridgehead atoms. The van der Waals surface area contributed by atoms with E-state index in [4.69, 9.17) is 10.7 Å². The van der Waals surface area contributed by atoms with Crippen molar-refractivity contribution in [3.63, 3.8) is 0 Å². The molecule has 4 rings (SSSR count). The largest absolute Gasteiger partial charge is 0.365 e. The highest BCUT2D eigenvalue weighted by Crippen LogP contribution is 2.34. The second-order valence-electron chi connectivity index (χ2n) is 5.90. The predicted molar refractivity (Wildman–Crippen MR) is 105 cm³/mol. The van der Waals surface area contributed by atoms with Crippen LogP contribution in [0.25, 0.3) is 26.4 Å². The van der Waals surface area contributed by atoms with Gasteiger partial charge in [-0.15, -0.1) is 11.3 Å². The molecule has 3 aromatic heterocycles. The van der Waals surface area contributed by atoms with Crippen LogP contribution in [0.1, 0.15) is 5.69 Å². The fourth-order valence-corrected chi connectivity index (χ4v) is 4.04. The zero-order valence-electron chi connectivity index (χ0n) is 14.2. The monoisotopic (exact) mass is 366 g/mol. The molecule has 0 atom stereocenters. The molecular formula is C18H18N6OS. The van der Waals surface area contributed by atoms with Crippen LogP contribution in [-0.4, -0.2) is 33.5 Å². The molecule has 0 aliphatic heterocycles. The van der Waals surface area contributed by atoms with Crippen molar-refractivity contribution in [1.82, 2.24) is 19.7 Å². The number of nitrogens with zero attached hydrogens (tertiary/aromatic N) is 3. The summed E-state index contributed by atoms with van der Waals surface area (Å²) in [4.78, 5) is 22.3. The summed E-state index contributed by atoms with van der Waals surface area (Å²) in [5.41, 5.74) is 8.99. The minimum absolute atomic E-state index is 0.416. The Morgan fingerprint density at radius 1 is 1.27 bits per heavy atom. The van der Waals surface area contributed by atoms with Gasteiger partial charge in [-0.25, -0.2) is 14.8 Å². The van der Waals surface area contributed by atoms with Crippen molar-refractivity contribution >= 4 is 39.2 Å². The number of urea groups is 1. The number of aromatic nitrogens is 3. The molecule has 0 aliphatic rings. The van der Waals surface area contributed by atoms with E-state index in [9.17, 15) is 4.79 Å². The number of rotatable bonds is 5. The number of nitrogens with one attached hydrogen (secondary N) is 2. The van der Waals surface area contributed by atoms with Crippen LogP contribution in [0.3, 0.4) is 0 Å². The number of carbonyl (C=O) groups is 1. The lowest BCUT2D eigenvalue weighted by molar-refractivity contribution is 0.249. The number of imidazole rings is 1. The van der Waals surface area contributed by atoms with E-state index in [2.05, 4.69) is 38.2 Å². The highest BCUT2D eigenvalue weighted by atomic mass is 32.1. The van der Waals surface area contributed by atoms with E-state index in [1.54, 1.807) is 11.3 Å². The van der Waals surface area contributed by atoms with Gasteiger partial charge in [0.25, 0.3) is 0 Å². The van der Waals surface area contributed by atoms with Gasteiger partial charge in [0.15, 0.2) is 11.5 Å². The lowest BCUT2D eigenvalue weighted by Gasteiger charge is -2.08. The lowest BCUT2D eigenvalue weighted by Crippen LogP contribution is -2.33. The van der Waals surface area contributed by atoms with Crippen LogP contribution in [0.15, 0.2) is 42.6 Å². The van der Waals surface area contributed by atoms with Crippen molar-refractivity contribution < 1.29 is 4.79 Å². The van der Waals surface area contributed by atoms with E-state index >= 15 is 0 Å². The fraction of sp³-hybridized carbons (Fsp3) is 0.167. The number of benzene rings is 1. The molecule has 132 valence electrons. The van der Waals surface area contributed by atoms with Crippen molar-refractivity contribution in [2.45, 2.75) is 6.92 Å². The van der Waals surface area contributed by atoms with E-state index < -0.39 is 6.03 Å². The Morgan fingerprint density at radius 2 is 2.08 bits per heavy atom. The molecule has 0 aliphatic carbocycles. The highest BCUT2D eigenvalue weighted by Gasteiger charge is 2.15. The van der Waals surface area contributed by atoms with Crippen LogP contribution in [0.2, 0.25) is 0 Å². The number of anilines is 1. The Bertz CT molecular complexity index is 1090. The fourth-order valence-electron chi connectivity index (χ4n) is 2.87. The molecule has 3 heterocycles. The molecule has 0 saturated carbocycles. The zero-order valence-corrected chi connectivity index (χ0v) is 15.0. The zero-order chi connectivity index (χ0) is 18.1. The normalized spacial score (nSPS) is 11.1. The molecule has 8 heteroatoms. The van der Waals surface area contributed by atoms with E-state index in [0.29, 0.717) is 18.9 Å². The summed E-state index contributed by atoms with van der Waals surface area (Å²) >= 11 is 1.70. The van der Waals surface area contributed by atoms with Crippen molar-refractivity contribution in [2.75, 3.05) is 18.4 Å². The summed E-state index contributed by atoms with van der Waals surface area (Å²) in [7, 11) is 0. The van der Waals surface area contributed by atoms with Gasteiger partial charge in [0.1, 0.15) is 10.3 Å². The molecule has 4 aromatic rings. The number of primary amides is 1. The molecule has 4 N–H and O–H groups in total. The molecule has 0 unspecified atom stereocenters. The Kier molecular flexibility index (Phi) is 4.18. The molecule has 0 spiro atoms. The molecule has 0 radical (unpaired) electrons. The van der Waals surface area contributed by atoms with Crippen LogP contribution < -0.4 is 16.4 Å². The first kappa shape index (κ1) is 16.3. The Balaban J connectivity index is 1.76. The number of nitrogens with two attached hydrogens (primary N) is 1. The van der Waals surface area contributed by atoms with Crippen LogP contribution in [0, 0.1) is 6.92 Å². The standard InChI is InChI=1S/C18H18N6OS/c1-11-10-22-16-15(20-7-8-21-18(19)25)23-13-9-14(26-17(13)24(11)16)12-5-3-2-4-6-12/h2-6,9-10H,7-8H2,1H3,(H,20,23)(H3,19,21,25). The van der Waals surface area contributed by atoms with Crippen LogP contribution >= 0.6 is 11.3 Å². The summed E-state index contributed by atoms with van der Waals surface area (Å²) < 4.78 is 2.11. The first-order valence-electron chi connectivity index (χ1n) is 8.23.